The van der Waals surface area contributed by atoms with Crippen LogP contribution in [-0.4, -0.2) is 39.1 Å². The van der Waals surface area contributed by atoms with Crippen LogP contribution in [-0.2, 0) is 9.53 Å². The number of ether oxygens (including phenoxy) is 1. The Morgan fingerprint density at radius 2 is 1.97 bits per heavy atom. The molecule has 38 heavy (non-hydrogen) atoms. The molecule has 2 aromatic carbocycles. The third-order valence-electron chi connectivity index (χ3n) is 5.24. The smallest absolute Gasteiger partial charge is 0.430 e. The molecule has 10 heteroatoms. The number of benzene rings is 2. The molecule has 0 aliphatic heterocycles. The first-order valence-electron chi connectivity index (χ1n) is 11.5. The number of hydrogen-bond donors (Lipinski definition) is 3. The van der Waals surface area contributed by atoms with Gasteiger partial charge in [0.25, 0.3) is 5.91 Å². The summed E-state index contributed by atoms with van der Waals surface area (Å²) in [5.41, 5.74) is 7.96. The Kier molecular flexibility index (Phi) is 14.2. The van der Waals surface area contributed by atoms with Gasteiger partial charge in [0.1, 0.15) is 5.70 Å². The fourth-order valence-corrected chi connectivity index (χ4v) is 3.34. The molecule has 0 unspecified atom stereocenters. The number of hydrogen-bond acceptors (Lipinski definition) is 5. The molecule has 0 saturated heterocycles. The SMILES string of the molecule is [CH-]=N/C(=C\[CH-]NCCOC)c1cccc(-c2cc(NC(=O)C(/C=C(\N)C(F)(F)F)=C/CC)ccc2C)c1.[Np]. The van der Waals surface area contributed by atoms with Crippen LogP contribution in [0.2, 0.25) is 0 Å². The van der Waals surface area contributed by atoms with E-state index < -0.39 is 17.8 Å². The van der Waals surface area contributed by atoms with Crippen LogP contribution in [0.3, 0.4) is 0 Å². The van der Waals surface area contributed by atoms with Crippen molar-refractivity contribution >= 4 is 24.0 Å². The van der Waals surface area contributed by atoms with Gasteiger partial charge in [-0.1, -0.05) is 48.9 Å². The Labute approximate surface area is 244 Å². The number of rotatable bonds is 12. The molecule has 1 amide bonds. The molecule has 4 N–H and O–H groups in total. The van der Waals surface area contributed by atoms with Gasteiger partial charge in [0.15, 0.2) is 0 Å². The molecule has 0 spiro atoms. The minimum absolute atomic E-state index is 0. The van der Waals surface area contributed by atoms with Crippen molar-refractivity contribution in [2.45, 2.75) is 26.4 Å². The van der Waals surface area contributed by atoms with Crippen LogP contribution in [0.4, 0.5) is 18.9 Å². The molecule has 0 fully saturated rings. The summed E-state index contributed by atoms with van der Waals surface area (Å²) >= 11 is 0. The van der Waals surface area contributed by atoms with E-state index in [1.165, 1.54) is 6.08 Å². The maximum Gasteiger partial charge on any atom is 0.430 e. The average Bonchev–Trinajstić information content (AvgIpc) is 2.86. The predicted molar refractivity (Wildman–Crippen MR) is 143 cm³/mol. The Bertz CT molecular complexity index is 1190. The van der Waals surface area contributed by atoms with E-state index in [0.29, 0.717) is 37.0 Å². The van der Waals surface area contributed by atoms with E-state index in [0.717, 1.165) is 22.3 Å². The predicted octanol–water partition coefficient (Wildman–Crippen LogP) is 5.66. The van der Waals surface area contributed by atoms with E-state index in [2.05, 4.69) is 15.6 Å². The summed E-state index contributed by atoms with van der Waals surface area (Å²) in [6.45, 7) is 12.2. The van der Waals surface area contributed by atoms with Gasteiger partial charge in [-0.25, -0.2) is 0 Å². The van der Waals surface area contributed by atoms with E-state index in [1.54, 1.807) is 38.8 Å². The fraction of sp³-hybridized carbons (Fsp3) is 0.250. The van der Waals surface area contributed by atoms with Crippen molar-refractivity contribution in [3.63, 3.8) is 0 Å². The number of nitrogens with one attached hydrogen (secondary N) is 2. The number of methoxy groups -OCH3 is 1. The van der Waals surface area contributed by atoms with Gasteiger partial charge in [-0.05, 0) is 48.2 Å². The summed E-state index contributed by atoms with van der Waals surface area (Å²) in [4.78, 5) is 16.6. The molecule has 0 aromatic heterocycles. The zero-order valence-electron chi connectivity index (χ0n) is 21.5. The van der Waals surface area contributed by atoms with Crippen LogP contribution in [0.5, 0.6) is 0 Å². The Balaban J connectivity index is 0.00000722. The molecule has 203 valence electrons. The van der Waals surface area contributed by atoms with Gasteiger partial charge in [0.05, 0.1) is 6.61 Å². The van der Waals surface area contributed by atoms with Gasteiger partial charge in [0, 0.05) is 54.9 Å². The summed E-state index contributed by atoms with van der Waals surface area (Å²) in [5.74, 6) is -0.693. The van der Waals surface area contributed by atoms with Crippen molar-refractivity contribution in [3.05, 3.63) is 89.6 Å². The number of nitrogens with zero attached hydrogens (tertiary/aromatic N) is 1. The number of amides is 1. The topological polar surface area (TPSA) is 88.7 Å². The van der Waals surface area contributed by atoms with E-state index in [4.69, 9.17) is 17.2 Å². The van der Waals surface area contributed by atoms with Crippen molar-refractivity contribution in [1.82, 2.24) is 5.32 Å². The zero-order valence-corrected chi connectivity index (χ0v) is 25.2. The Morgan fingerprint density at radius 3 is 2.61 bits per heavy atom. The van der Waals surface area contributed by atoms with Crippen LogP contribution in [0.15, 0.2) is 77.0 Å². The van der Waals surface area contributed by atoms with E-state index >= 15 is 0 Å². The normalized spacial score (nSPS) is 12.5. The number of anilines is 1. The van der Waals surface area contributed by atoms with Gasteiger partial charge < -0.3 is 26.1 Å². The molecule has 0 heterocycles. The maximum absolute atomic E-state index is 12.9. The van der Waals surface area contributed by atoms with Crippen molar-refractivity contribution in [1.29, 1.82) is 0 Å². The number of halogens is 3. The van der Waals surface area contributed by atoms with Crippen molar-refractivity contribution in [2.75, 3.05) is 25.6 Å². The fourth-order valence-electron chi connectivity index (χ4n) is 3.34. The number of aliphatic imine (C=N–C) groups is 1. The van der Waals surface area contributed by atoms with E-state index in [1.807, 2.05) is 37.3 Å². The zero-order chi connectivity index (χ0) is 27.4. The van der Waals surface area contributed by atoms with Crippen LogP contribution < -0.4 is 16.4 Å². The molecular weight excluding hydrogens is 718 g/mol. The number of carbonyl (C=O) groups excluding carboxylic acids is 1. The largest absolute Gasteiger partial charge is 0.460 e. The standard InChI is InChI=1S/C28H31F3N4O2.Np/c1-5-7-22(17-26(32)28(29,30)31)27(36)35-23-11-10-19(2)24(18-23)20-8-6-9-21(16-20)25(33-3)12-13-34-14-15-37-4;/h3,6-13,16-18,34H,5,14-15,32H2,1-2,4H3,(H,35,36);/q-2;/b22-7+,25-12-,26-17-;. The van der Waals surface area contributed by atoms with E-state index in [-0.39, 0.29) is 35.5 Å². The Hall–Kier alpha value is -2.81. The van der Waals surface area contributed by atoms with Crippen LogP contribution in [0.25, 0.3) is 16.8 Å². The minimum Gasteiger partial charge on any atom is -0.460 e. The average molecular weight is 750 g/mol. The quantitative estimate of drug-likeness (QED) is 0.0861. The number of alkyl halides is 3. The van der Waals surface area contributed by atoms with Crippen molar-refractivity contribution < 1.29 is 52.6 Å². The molecule has 2 rings (SSSR count). The van der Waals surface area contributed by atoms with Crippen molar-refractivity contribution in [3.8, 4) is 11.1 Å². The third kappa shape index (κ3) is 10.2. The van der Waals surface area contributed by atoms with Gasteiger partial charge >= 0.3 is 6.18 Å². The van der Waals surface area contributed by atoms with Crippen molar-refractivity contribution in [2.24, 2.45) is 10.7 Å². The minimum atomic E-state index is -4.73. The third-order valence-corrected chi connectivity index (χ3v) is 5.24. The monoisotopic (exact) mass is 748 g/mol. The van der Waals surface area contributed by atoms with Gasteiger partial charge in [-0.2, -0.15) is 32.5 Å². The molecule has 0 bridgehead atoms. The first kappa shape index (κ1) is 33.2. The second-order valence-electron chi connectivity index (χ2n) is 8.02. The van der Waals surface area contributed by atoms with E-state index in [9.17, 15) is 18.0 Å². The van der Waals surface area contributed by atoms with Crippen LogP contribution >= 0.6 is 0 Å². The first-order valence-corrected chi connectivity index (χ1v) is 11.5. The summed E-state index contributed by atoms with van der Waals surface area (Å²) in [6, 6.07) is 12.8. The maximum atomic E-state index is 12.9. The number of nitrogens with two attached hydrogens (primary N) is 1. The molecule has 6 nitrogen and oxygen atoms in total. The molecule has 0 saturated carbocycles. The second kappa shape index (κ2) is 16.2. The van der Waals surface area contributed by atoms with Crippen LogP contribution in [0.1, 0.15) is 24.5 Å². The number of allylic oxidation sites excluding steroid dienone is 2. The summed E-state index contributed by atoms with van der Waals surface area (Å²) < 4.78 is 43.6. The number of carbonyl (C=O) groups is 1. The molecule has 0 atom stereocenters. The molecule has 0 aliphatic rings. The summed E-state index contributed by atoms with van der Waals surface area (Å²) in [5, 5.41) is 5.74. The molecule has 0 aliphatic carbocycles. The van der Waals surface area contributed by atoms with Gasteiger partial charge in [-0.3, -0.25) is 4.79 Å². The molecule has 1 radical (unpaired) electrons. The Morgan fingerprint density at radius 1 is 1.24 bits per heavy atom. The molecular formula is C28H31F3N4NpO2-2. The van der Waals surface area contributed by atoms with Gasteiger partial charge in [0.2, 0.25) is 0 Å². The van der Waals surface area contributed by atoms with Crippen LogP contribution in [0, 0.1) is 43.4 Å². The summed E-state index contributed by atoms with van der Waals surface area (Å²) in [6.07, 6.45) is -0.589. The summed E-state index contributed by atoms with van der Waals surface area (Å²) in [7, 11) is 1.62. The first-order chi connectivity index (χ1) is 17.6. The second-order valence-corrected chi connectivity index (χ2v) is 8.02. The molecule has 2 aromatic rings. The van der Waals surface area contributed by atoms with Gasteiger partial charge in [-0.15, -0.1) is 5.70 Å². The number of aryl methyl sites for hydroxylation is 1.